The highest BCUT2D eigenvalue weighted by molar-refractivity contribution is 5.98. The van der Waals surface area contributed by atoms with Crippen LogP contribution < -0.4 is 16.4 Å². The van der Waals surface area contributed by atoms with Crippen molar-refractivity contribution in [1.82, 2.24) is 10.6 Å². The van der Waals surface area contributed by atoms with Gasteiger partial charge in [0.2, 0.25) is 5.91 Å². The van der Waals surface area contributed by atoms with Crippen molar-refractivity contribution in [3.05, 3.63) is 48.0 Å². The van der Waals surface area contributed by atoms with Crippen molar-refractivity contribution in [1.29, 1.82) is 0 Å². The summed E-state index contributed by atoms with van der Waals surface area (Å²) < 4.78 is 0. The van der Waals surface area contributed by atoms with E-state index in [2.05, 4.69) is 10.6 Å². The smallest absolute Gasteiger partial charge is 0.251 e. The normalized spacial score (nSPS) is 19.0. The maximum Gasteiger partial charge on any atom is 0.251 e. The van der Waals surface area contributed by atoms with E-state index < -0.39 is 0 Å². The lowest BCUT2D eigenvalue weighted by Crippen LogP contribution is -2.41. The zero-order valence-electron chi connectivity index (χ0n) is 14.7. The van der Waals surface area contributed by atoms with Gasteiger partial charge in [0, 0.05) is 24.6 Å². The average molecular weight is 376 g/mol. The van der Waals surface area contributed by atoms with Crippen molar-refractivity contribution in [3.63, 3.8) is 0 Å². The molecule has 0 radical (unpaired) electrons. The lowest BCUT2D eigenvalue weighted by molar-refractivity contribution is -0.121. The first-order valence-electron chi connectivity index (χ1n) is 8.94. The molecule has 26 heavy (non-hydrogen) atoms. The number of rotatable bonds is 6. The molecule has 1 aliphatic rings. The summed E-state index contributed by atoms with van der Waals surface area (Å²) >= 11 is 0. The predicted molar refractivity (Wildman–Crippen MR) is 106 cm³/mol. The highest BCUT2D eigenvalue weighted by Crippen LogP contribution is 2.24. The zero-order chi connectivity index (χ0) is 17.6. The molecule has 140 valence electrons. The van der Waals surface area contributed by atoms with Crippen molar-refractivity contribution in [2.24, 2.45) is 11.7 Å². The lowest BCUT2D eigenvalue weighted by atomic mass is 10.0. The number of amides is 2. The topological polar surface area (TPSA) is 84.2 Å². The summed E-state index contributed by atoms with van der Waals surface area (Å²) in [5.74, 6) is 0.208. The van der Waals surface area contributed by atoms with E-state index in [1.54, 1.807) is 0 Å². The van der Waals surface area contributed by atoms with E-state index in [1.807, 2.05) is 42.5 Å². The Morgan fingerprint density at radius 1 is 1.08 bits per heavy atom. The minimum Gasteiger partial charge on any atom is -0.353 e. The maximum atomic E-state index is 12.3. The number of benzene rings is 2. The Hall–Kier alpha value is -2.11. The van der Waals surface area contributed by atoms with Gasteiger partial charge >= 0.3 is 0 Å². The van der Waals surface area contributed by atoms with Gasteiger partial charge in [-0.3, -0.25) is 9.59 Å². The van der Waals surface area contributed by atoms with E-state index in [4.69, 9.17) is 5.73 Å². The van der Waals surface area contributed by atoms with Crippen LogP contribution in [0, 0.1) is 5.92 Å². The van der Waals surface area contributed by atoms with Crippen molar-refractivity contribution < 1.29 is 9.59 Å². The Bertz CT molecular complexity index is 766. The predicted octanol–water partition coefficient (Wildman–Crippen LogP) is 2.63. The quantitative estimate of drug-likeness (QED) is 0.725. The maximum absolute atomic E-state index is 12.3. The molecule has 0 heterocycles. The Kier molecular flexibility index (Phi) is 7.42. The van der Waals surface area contributed by atoms with Gasteiger partial charge in [-0.25, -0.2) is 0 Å². The van der Waals surface area contributed by atoms with Gasteiger partial charge in [0.25, 0.3) is 5.91 Å². The molecule has 1 aliphatic carbocycles. The molecular formula is C20H26ClN3O2. The molecule has 5 nitrogen and oxygen atoms in total. The second kappa shape index (κ2) is 9.55. The van der Waals surface area contributed by atoms with Crippen LogP contribution >= 0.6 is 12.4 Å². The SMILES string of the molecule is Cl.NCC1CCCC1NC(=O)CCNC(=O)c1ccc2ccccc2c1. The fourth-order valence-electron chi connectivity index (χ4n) is 3.51. The number of nitrogens with one attached hydrogen (secondary N) is 2. The molecule has 1 saturated carbocycles. The van der Waals surface area contributed by atoms with E-state index in [9.17, 15) is 9.59 Å². The van der Waals surface area contributed by atoms with Crippen molar-refractivity contribution in [3.8, 4) is 0 Å². The minimum atomic E-state index is -0.153. The van der Waals surface area contributed by atoms with E-state index >= 15 is 0 Å². The molecule has 0 spiro atoms. The molecule has 2 unspecified atom stereocenters. The monoisotopic (exact) mass is 375 g/mol. The van der Waals surface area contributed by atoms with E-state index in [-0.39, 0.29) is 36.7 Å². The van der Waals surface area contributed by atoms with Crippen LogP contribution in [0.2, 0.25) is 0 Å². The van der Waals surface area contributed by atoms with Gasteiger partial charge in [-0.15, -0.1) is 12.4 Å². The Morgan fingerprint density at radius 2 is 1.85 bits per heavy atom. The first kappa shape index (κ1) is 20.2. The van der Waals surface area contributed by atoms with Gasteiger partial charge in [-0.2, -0.15) is 0 Å². The molecule has 2 aromatic rings. The third-order valence-electron chi connectivity index (χ3n) is 4.96. The van der Waals surface area contributed by atoms with Crippen molar-refractivity contribution in [2.45, 2.75) is 31.7 Å². The average Bonchev–Trinajstić information content (AvgIpc) is 3.08. The molecule has 2 atom stereocenters. The standard InChI is InChI=1S/C20H25N3O2.ClH/c21-13-17-6-3-7-18(17)23-19(24)10-11-22-20(25)16-9-8-14-4-1-2-5-15(14)12-16;/h1-2,4-5,8-9,12,17-18H,3,6-7,10-11,13,21H2,(H,22,25)(H,23,24);1H. The first-order chi connectivity index (χ1) is 12.2. The van der Waals surface area contributed by atoms with Crippen LogP contribution in [0.5, 0.6) is 0 Å². The van der Waals surface area contributed by atoms with Gasteiger partial charge in [-0.05, 0) is 48.2 Å². The number of carbonyl (C=O) groups is 2. The molecule has 0 aromatic heterocycles. The zero-order valence-corrected chi connectivity index (χ0v) is 15.6. The van der Waals surface area contributed by atoms with Gasteiger partial charge < -0.3 is 16.4 Å². The molecule has 0 aliphatic heterocycles. The van der Waals surface area contributed by atoms with E-state index in [1.165, 1.54) is 0 Å². The van der Waals surface area contributed by atoms with E-state index in [0.717, 1.165) is 30.0 Å². The molecule has 4 N–H and O–H groups in total. The molecule has 0 bridgehead atoms. The molecule has 6 heteroatoms. The third kappa shape index (κ3) is 4.96. The number of hydrogen-bond donors (Lipinski definition) is 3. The number of nitrogens with two attached hydrogens (primary N) is 1. The minimum absolute atomic E-state index is 0. The molecule has 3 rings (SSSR count). The van der Waals surface area contributed by atoms with Crippen LogP contribution in [0.4, 0.5) is 0 Å². The van der Waals surface area contributed by atoms with Gasteiger partial charge in [0.1, 0.15) is 0 Å². The summed E-state index contributed by atoms with van der Waals surface area (Å²) in [7, 11) is 0. The molecule has 2 amide bonds. The summed E-state index contributed by atoms with van der Waals surface area (Å²) in [6, 6.07) is 13.7. The number of halogens is 1. The summed E-state index contributed by atoms with van der Waals surface area (Å²) in [6.07, 6.45) is 3.48. The molecule has 0 saturated heterocycles. The number of fused-ring (bicyclic) bond motifs is 1. The fourth-order valence-corrected chi connectivity index (χ4v) is 3.51. The van der Waals surface area contributed by atoms with Gasteiger partial charge in [-0.1, -0.05) is 36.8 Å². The van der Waals surface area contributed by atoms with Crippen LogP contribution in [0.3, 0.4) is 0 Å². The Balaban J connectivity index is 0.00000243. The summed E-state index contributed by atoms with van der Waals surface area (Å²) in [4.78, 5) is 24.3. The van der Waals surface area contributed by atoms with Crippen molar-refractivity contribution >= 4 is 35.0 Å². The number of carbonyl (C=O) groups excluding carboxylic acids is 2. The van der Waals surface area contributed by atoms with Crippen LogP contribution in [-0.2, 0) is 4.79 Å². The summed E-state index contributed by atoms with van der Waals surface area (Å²) in [5, 5.41) is 8.00. The lowest BCUT2D eigenvalue weighted by Gasteiger charge is -2.19. The highest BCUT2D eigenvalue weighted by atomic mass is 35.5. The van der Waals surface area contributed by atoms with Crippen LogP contribution in [0.15, 0.2) is 42.5 Å². The first-order valence-corrected chi connectivity index (χ1v) is 8.94. The van der Waals surface area contributed by atoms with Crippen LogP contribution in [-0.4, -0.2) is 30.9 Å². The van der Waals surface area contributed by atoms with Gasteiger partial charge in [0.05, 0.1) is 0 Å². The van der Waals surface area contributed by atoms with Crippen molar-refractivity contribution in [2.75, 3.05) is 13.1 Å². The largest absolute Gasteiger partial charge is 0.353 e. The molecule has 2 aromatic carbocycles. The molecule has 1 fully saturated rings. The van der Waals surface area contributed by atoms with Gasteiger partial charge in [0.15, 0.2) is 0 Å². The molecular weight excluding hydrogens is 350 g/mol. The number of hydrogen-bond acceptors (Lipinski definition) is 3. The van der Waals surface area contributed by atoms with Crippen LogP contribution in [0.25, 0.3) is 10.8 Å². The Labute approximate surface area is 160 Å². The third-order valence-corrected chi connectivity index (χ3v) is 4.96. The summed E-state index contributed by atoms with van der Waals surface area (Å²) in [5.41, 5.74) is 6.34. The second-order valence-corrected chi connectivity index (χ2v) is 6.67. The second-order valence-electron chi connectivity index (χ2n) is 6.67. The van der Waals surface area contributed by atoms with Crippen LogP contribution in [0.1, 0.15) is 36.0 Å². The summed E-state index contributed by atoms with van der Waals surface area (Å²) in [6.45, 7) is 0.946. The Morgan fingerprint density at radius 3 is 2.62 bits per heavy atom. The van der Waals surface area contributed by atoms with E-state index in [0.29, 0.717) is 24.6 Å². The fraction of sp³-hybridized carbons (Fsp3) is 0.400. The highest BCUT2D eigenvalue weighted by Gasteiger charge is 2.27.